The van der Waals surface area contributed by atoms with Crippen LogP contribution in [0.4, 0.5) is 30.7 Å². The molecule has 0 unspecified atom stereocenters. The Morgan fingerprint density at radius 1 is 1.16 bits per heavy atom. The molecule has 25 heavy (non-hydrogen) atoms. The topological polar surface area (TPSA) is 61.4 Å². The summed E-state index contributed by atoms with van der Waals surface area (Å²) in [6.07, 6.45) is -11.4. The number of rotatable bonds is 2. The SMILES string of the molecule is O=C([C@H]1[C@H](c2ccccc2F)NC(=S)N[C@@]1(O)C(F)(F)F)C(F)(F)F. The van der Waals surface area contributed by atoms with Crippen molar-refractivity contribution in [1.29, 1.82) is 0 Å². The zero-order valence-corrected chi connectivity index (χ0v) is 12.7. The molecular formula is C13H9F7N2O2S. The van der Waals surface area contributed by atoms with Gasteiger partial charge in [0.1, 0.15) is 11.7 Å². The van der Waals surface area contributed by atoms with Gasteiger partial charge in [0.2, 0.25) is 11.5 Å². The summed E-state index contributed by atoms with van der Waals surface area (Å²) in [5.41, 5.74) is -5.02. The predicted molar refractivity (Wildman–Crippen MR) is 73.6 cm³/mol. The second-order valence-electron chi connectivity index (χ2n) is 5.20. The van der Waals surface area contributed by atoms with Gasteiger partial charge in [0.05, 0.1) is 6.04 Å². The molecule has 0 saturated carbocycles. The van der Waals surface area contributed by atoms with E-state index in [1.165, 1.54) is 5.32 Å². The lowest BCUT2D eigenvalue weighted by molar-refractivity contribution is -0.293. The van der Waals surface area contributed by atoms with Crippen LogP contribution in [0.1, 0.15) is 11.6 Å². The molecule has 1 aromatic rings. The minimum atomic E-state index is -5.71. The highest BCUT2D eigenvalue weighted by atomic mass is 32.1. The van der Waals surface area contributed by atoms with E-state index in [1.54, 1.807) is 0 Å². The second-order valence-corrected chi connectivity index (χ2v) is 5.61. The zero-order chi connectivity index (χ0) is 19.2. The number of ketones is 1. The number of thiocarbonyl (C=S) groups is 1. The zero-order valence-electron chi connectivity index (χ0n) is 11.9. The first-order valence-electron chi connectivity index (χ1n) is 6.52. The molecule has 4 nitrogen and oxygen atoms in total. The van der Waals surface area contributed by atoms with Crippen LogP contribution in [0.5, 0.6) is 0 Å². The number of carbonyl (C=O) groups is 1. The summed E-state index contributed by atoms with van der Waals surface area (Å²) < 4.78 is 92.3. The van der Waals surface area contributed by atoms with Crippen LogP contribution in [0.3, 0.4) is 0 Å². The molecule has 3 atom stereocenters. The molecule has 0 aliphatic carbocycles. The van der Waals surface area contributed by atoms with Gasteiger partial charge >= 0.3 is 12.4 Å². The van der Waals surface area contributed by atoms with Gasteiger partial charge in [-0.1, -0.05) is 18.2 Å². The van der Waals surface area contributed by atoms with Crippen molar-refractivity contribution in [3.63, 3.8) is 0 Å². The van der Waals surface area contributed by atoms with Crippen LogP contribution in [0.15, 0.2) is 24.3 Å². The van der Waals surface area contributed by atoms with E-state index in [-0.39, 0.29) is 0 Å². The van der Waals surface area contributed by atoms with Crippen LogP contribution in [0, 0.1) is 11.7 Å². The molecule has 1 fully saturated rings. The molecule has 0 radical (unpaired) electrons. The molecule has 0 spiro atoms. The quantitative estimate of drug-likeness (QED) is 0.535. The van der Waals surface area contributed by atoms with E-state index in [2.05, 4.69) is 12.2 Å². The Balaban J connectivity index is 2.69. The third-order valence-electron chi connectivity index (χ3n) is 3.61. The lowest BCUT2D eigenvalue weighted by Crippen LogP contribution is -2.73. The van der Waals surface area contributed by atoms with Gasteiger partial charge in [0.25, 0.3) is 0 Å². The summed E-state index contributed by atoms with van der Waals surface area (Å²) in [4.78, 5) is 11.7. The summed E-state index contributed by atoms with van der Waals surface area (Å²) in [5.74, 6) is -7.23. The fraction of sp³-hybridized carbons (Fsp3) is 0.385. The van der Waals surface area contributed by atoms with Crippen molar-refractivity contribution >= 4 is 23.1 Å². The molecule has 2 rings (SSSR count). The number of carbonyl (C=O) groups excluding carboxylic acids is 1. The Kier molecular flexibility index (Phi) is 4.72. The molecule has 1 aromatic carbocycles. The first kappa shape index (κ1) is 19.4. The highest BCUT2D eigenvalue weighted by Crippen LogP contribution is 2.45. The van der Waals surface area contributed by atoms with Gasteiger partial charge < -0.3 is 15.7 Å². The number of hydrogen-bond donors (Lipinski definition) is 3. The van der Waals surface area contributed by atoms with Crippen molar-refractivity contribution in [3.8, 4) is 0 Å². The summed E-state index contributed by atoms with van der Waals surface area (Å²) in [6.45, 7) is 0. The number of halogens is 7. The molecule has 0 amide bonds. The summed E-state index contributed by atoms with van der Waals surface area (Å²) >= 11 is 4.48. The Bertz CT molecular complexity index is 706. The Morgan fingerprint density at radius 2 is 1.72 bits per heavy atom. The molecule has 0 bridgehead atoms. The van der Waals surface area contributed by atoms with E-state index in [0.717, 1.165) is 24.3 Å². The van der Waals surface area contributed by atoms with E-state index in [9.17, 15) is 40.6 Å². The number of Topliss-reactive ketones (excluding diaryl/α,β-unsaturated/α-hetero) is 1. The Labute approximate surface area is 141 Å². The molecule has 1 saturated heterocycles. The van der Waals surface area contributed by atoms with Crippen LogP contribution >= 0.6 is 12.2 Å². The van der Waals surface area contributed by atoms with Gasteiger partial charge in [-0.15, -0.1) is 0 Å². The molecule has 1 aliphatic heterocycles. The molecule has 0 aromatic heterocycles. The molecule has 138 valence electrons. The smallest absolute Gasteiger partial charge is 0.363 e. The van der Waals surface area contributed by atoms with Crippen molar-refractivity contribution < 1.29 is 40.6 Å². The summed E-state index contributed by atoms with van der Waals surface area (Å²) in [5, 5.41) is 12.3. The second kappa shape index (κ2) is 6.09. The van der Waals surface area contributed by atoms with E-state index in [1.807, 2.05) is 5.32 Å². The third-order valence-corrected chi connectivity index (χ3v) is 3.83. The van der Waals surface area contributed by atoms with Gasteiger partial charge in [-0.2, -0.15) is 26.3 Å². The lowest BCUT2D eigenvalue weighted by Gasteiger charge is -2.46. The maximum Gasteiger partial charge on any atom is 0.450 e. The molecule has 12 heteroatoms. The van der Waals surface area contributed by atoms with Crippen molar-refractivity contribution in [2.75, 3.05) is 0 Å². The minimum absolute atomic E-state index is 0.684. The molecule has 3 N–H and O–H groups in total. The van der Waals surface area contributed by atoms with Crippen molar-refractivity contribution in [1.82, 2.24) is 10.6 Å². The first-order chi connectivity index (χ1) is 11.3. The number of aliphatic hydroxyl groups is 1. The van der Waals surface area contributed by atoms with E-state index in [4.69, 9.17) is 0 Å². The van der Waals surface area contributed by atoms with Crippen LogP contribution in [-0.2, 0) is 4.79 Å². The Hall–Kier alpha value is -1.95. The molecule has 1 heterocycles. The molecule has 1 aliphatic rings. The van der Waals surface area contributed by atoms with Gasteiger partial charge in [-0.25, -0.2) is 4.39 Å². The first-order valence-corrected chi connectivity index (χ1v) is 6.93. The number of hydrogen-bond acceptors (Lipinski definition) is 3. The Morgan fingerprint density at radius 3 is 2.20 bits per heavy atom. The van der Waals surface area contributed by atoms with Crippen LogP contribution in [0.2, 0.25) is 0 Å². The summed E-state index contributed by atoms with van der Waals surface area (Å²) in [6, 6.07) is 1.76. The van der Waals surface area contributed by atoms with Gasteiger partial charge in [0, 0.05) is 5.56 Å². The number of benzene rings is 1. The predicted octanol–water partition coefficient (Wildman–Crippen LogP) is 2.34. The van der Waals surface area contributed by atoms with E-state index < -0.39 is 52.3 Å². The maximum atomic E-state index is 13.9. The minimum Gasteiger partial charge on any atom is -0.363 e. The highest BCUT2D eigenvalue weighted by molar-refractivity contribution is 7.80. The fourth-order valence-electron chi connectivity index (χ4n) is 2.50. The standard InChI is InChI=1S/C13H9F7N2O2S/c14-6-4-2-1-3-5(6)8-7(9(23)12(15,16)17)11(24,13(18,19)20)22-10(25)21-8/h1-4,7-8,24H,(H2,21,22,25)/t7-,8+,11+/m1/s1. The fourth-order valence-corrected chi connectivity index (χ4v) is 2.78. The number of alkyl halides is 6. The van der Waals surface area contributed by atoms with Crippen molar-refractivity contribution in [2.45, 2.75) is 24.1 Å². The van der Waals surface area contributed by atoms with E-state index in [0.29, 0.717) is 0 Å². The van der Waals surface area contributed by atoms with E-state index >= 15 is 0 Å². The number of nitrogens with one attached hydrogen (secondary N) is 2. The lowest BCUT2D eigenvalue weighted by atomic mass is 9.79. The van der Waals surface area contributed by atoms with Crippen LogP contribution in [-0.4, -0.2) is 34.1 Å². The van der Waals surface area contributed by atoms with Crippen molar-refractivity contribution in [3.05, 3.63) is 35.6 Å². The third kappa shape index (κ3) is 3.40. The van der Waals surface area contributed by atoms with Gasteiger partial charge in [0.15, 0.2) is 5.11 Å². The monoisotopic (exact) mass is 390 g/mol. The van der Waals surface area contributed by atoms with Gasteiger partial charge in [-0.3, -0.25) is 4.79 Å². The molecular weight excluding hydrogens is 381 g/mol. The van der Waals surface area contributed by atoms with Gasteiger partial charge in [-0.05, 0) is 18.3 Å². The van der Waals surface area contributed by atoms with Crippen molar-refractivity contribution in [2.24, 2.45) is 5.92 Å². The van der Waals surface area contributed by atoms with Crippen LogP contribution in [0.25, 0.3) is 0 Å². The highest BCUT2D eigenvalue weighted by Gasteiger charge is 2.69. The average Bonchev–Trinajstić information content (AvgIpc) is 2.44. The maximum absolute atomic E-state index is 13.9. The largest absolute Gasteiger partial charge is 0.450 e. The average molecular weight is 390 g/mol. The summed E-state index contributed by atoms with van der Waals surface area (Å²) in [7, 11) is 0. The normalized spacial score (nSPS) is 27.4. The van der Waals surface area contributed by atoms with Crippen LogP contribution < -0.4 is 10.6 Å².